The number of anilines is 4. The molecule has 19 aromatic rings. The Morgan fingerprint density at radius 1 is 0.361 bits per heavy atom. The van der Waals surface area contributed by atoms with Crippen LogP contribution < -0.4 is 43.5 Å². The van der Waals surface area contributed by atoms with E-state index in [4.69, 9.17) is 16.3 Å². The molecule has 1 saturated heterocycles. The number of nitrogens with one attached hydrogen (secondary N) is 8. The molecular weight excluding hydrogens is 1580 g/mol. The number of benzene rings is 7. The van der Waals surface area contributed by atoms with E-state index in [0.717, 1.165) is 129 Å². The molecule has 0 bridgehead atoms. The Morgan fingerprint density at radius 2 is 0.672 bits per heavy atom. The topological polar surface area (TPSA) is 363 Å². The maximum atomic E-state index is 13.7. The molecule has 2 unspecified atom stereocenters. The number of aromatic amines is 4. The predicted octanol–water partition coefficient (Wildman–Crippen LogP) is 16.7. The van der Waals surface area contributed by atoms with Crippen molar-refractivity contribution < 1.29 is 4.74 Å². The standard InChI is InChI=1S/C24H22N6O.C23H20N6O.C22H17ClN6O.C22H24N6O2.H2S/c1-14-7-9-18(10-8-14)30-19(11-17-6-4-5-15(2)20(17)24(30)31)16(3)29-23-21-22(26-12-25-21)27-13-28-23;1-14-7-6-8-16-11-18(29(23(30)19(14)16)17-9-4-3-5-10-17)15(2)28-22-20-21(25-12-24-20)26-13-27-22;1-13(28-21-19-20(25-11-24-19)26-12-27-21)17-10-14-6-5-9-16(23)18(14)22(30)29(17)15-7-3-2-4-8-15;1-13-4-3-5-15-10-17(28(22(29)18(13)15)16-6-8-30-9-7-16)14(2)27-21-19-20(24-11-23-19)25-12-26-21;/h4-13,16H,1-3H3,(H2,25,26,27,28,29);3-13,15H,1-2H3,(H2,24,25,26,27,28);2-13H,1H3,(H2,24,25,26,27,28);3-5,10-12,14,16H,6-9H2,1-2H3,(H2,23,24,25,26,27);1H2/t16-;15-;;;/m00.../s1. The molecular formula is C91H85ClN24O5S. The fourth-order valence-electron chi connectivity index (χ4n) is 15.9. The lowest BCUT2D eigenvalue weighted by Gasteiger charge is -2.30. The van der Waals surface area contributed by atoms with Crippen LogP contribution in [0.25, 0.3) is 105 Å². The molecule has 31 heteroatoms. The highest BCUT2D eigenvalue weighted by Gasteiger charge is 2.27. The summed E-state index contributed by atoms with van der Waals surface area (Å²) in [4.78, 5) is 118. The molecule has 4 atom stereocenters. The van der Waals surface area contributed by atoms with Crippen molar-refractivity contribution in [2.24, 2.45) is 0 Å². The average Bonchev–Trinajstić information content (AvgIpc) is 0.962. The van der Waals surface area contributed by atoms with Crippen molar-refractivity contribution in [1.29, 1.82) is 0 Å². The molecule has 8 N–H and O–H groups in total. The smallest absolute Gasteiger partial charge is 0.264 e. The number of H-pyrrole nitrogens is 4. The first-order valence-electron chi connectivity index (χ1n) is 39.6. The van der Waals surface area contributed by atoms with Crippen LogP contribution >= 0.6 is 25.1 Å². The molecule has 0 radical (unpaired) electrons. The molecule has 0 aliphatic carbocycles. The minimum absolute atomic E-state index is 0. The number of imidazole rings is 4. The molecule has 20 rings (SSSR count). The van der Waals surface area contributed by atoms with Gasteiger partial charge < -0.3 is 50.5 Å². The van der Waals surface area contributed by atoms with Gasteiger partial charge in [0.15, 0.2) is 45.9 Å². The van der Waals surface area contributed by atoms with Gasteiger partial charge in [-0.25, -0.2) is 59.8 Å². The van der Waals surface area contributed by atoms with E-state index < -0.39 is 0 Å². The zero-order valence-corrected chi connectivity index (χ0v) is 69.5. The van der Waals surface area contributed by atoms with Crippen molar-refractivity contribution in [3.63, 3.8) is 0 Å². The molecule has 0 spiro atoms. The second kappa shape index (κ2) is 35.1. The highest BCUT2D eigenvalue weighted by Crippen LogP contribution is 2.35. The predicted molar refractivity (Wildman–Crippen MR) is 485 cm³/mol. The number of nitrogens with zero attached hydrogens (tertiary/aromatic N) is 16. The van der Waals surface area contributed by atoms with E-state index in [1.165, 1.54) is 25.3 Å². The van der Waals surface area contributed by atoms with E-state index in [2.05, 4.69) is 126 Å². The summed E-state index contributed by atoms with van der Waals surface area (Å²) >= 11 is 6.38. The number of para-hydroxylation sites is 2. The summed E-state index contributed by atoms with van der Waals surface area (Å²) in [6.07, 6.45) is 13.9. The fourth-order valence-corrected chi connectivity index (χ4v) is 16.2. The van der Waals surface area contributed by atoms with Crippen molar-refractivity contribution in [3.8, 4) is 17.1 Å². The van der Waals surface area contributed by atoms with E-state index in [9.17, 15) is 19.2 Å². The van der Waals surface area contributed by atoms with Crippen LogP contribution in [0.1, 0.15) is 116 Å². The molecule has 12 aromatic heterocycles. The summed E-state index contributed by atoms with van der Waals surface area (Å²) in [6.45, 7) is 17.4. The van der Waals surface area contributed by atoms with Gasteiger partial charge in [-0.1, -0.05) is 132 Å². The van der Waals surface area contributed by atoms with Crippen LogP contribution in [0.5, 0.6) is 0 Å². The summed E-state index contributed by atoms with van der Waals surface area (Å²) in [5, 5.41) is 20.5. The van der Waals surface area contributed by atoms with Gasteiger partial charge in [0.05, 0.1) is 76.0 Å². The van der Waals surface area contributed by atoms with Crippen molar-refractivity contribution in [2.75, 3.05) is 34.5 Å². The number of aryl methyl sites for hydroxylation is 4. The number of hydrogen-bond donors (Lipinski definition) is 8. The number of hydrogen-bond acceptors (Lipinski definition) is 21. The fraction of sp³-hybridized carbons (Fsp3) is 0.187. The minimum atomic E-state index is -0.248. The molecule has 0 amide bonds. The van der Waals surface area contributed by atoms with E-state index in [1.807, 2.05) is 211 Å². The molecule has 1 fully saturated rings. The number of fused-ring (bicyclic) bond motifs is 8. The Morgan fingerprint density at radius 3 is 1.04 bits per heavy atom. The Balaban J connectivity index is 0.000000120. The molecule has 612 valence electrons. The summed E-state index contributed by atoms with van der Waals surface area (Å²) in [7, 11) is 0. The SMILES string of the molecule is CC(Nc1ncnc2nc[nH]c12)c1cc2cccc(Cl)c2c(=O)n1-c1ccccc1.Cc1ccc(-n2c([C@H](C)Nc3ncnc4nc[nH]c34)cc3cccc(C)c3c2=O)cc1.Cc1cccc2cc(C(C)Nc3ncnc4nc[nH]c34)n(C3CCOCC3)c(=O)c12.Cc1cccc2cc([C@H](C)Nc3ncnc4nc[nH]c34)n(-c3ccccc3)c(=O)c12.S. The number of pyridine rings is 4. The van der Waals surface area contributed by atoms with Crippen molar-refractivity contribution in [2.45, 2.75) is 98.4 Å². The third kappa shape index (κ3) is 16.1. The maximum absolute atomic E-state index is 13.7. The largest absolute Gasteiger partial charge is 0.381 e. The van der Waals surface area contributed by atoms with Crippen LogP contribution in [0.15, 0.2) is 252 Å². The van der Waals surface area contributed by atoms with Crippen molar-refractivity contribution in [3.05, 3.63) is 324 Å². The summed E-state index contributed by atoms with van der Waals surface area (Å²) in [6, 6.07) is 58.1. The Kier molecular flexibility index (Phi) is 23.4. The van der Waals surface area contributed by atoms with Gasteiger partial charge in [-0.15, -0.1) is 0 Å². The Hall–Kier alpha value is -14.6. The third-order valence-electron chi connectivity index (χ3n) is 21.9. The molecule has 0 saturated carbocycles. The van der Waals surface area contributed by atoms with E-state index >= 15 is 0 Å². The van der Waals surface area contributed by atoms with Crippen LogP contribution in [-0.2, 0) is 4.74 Å². The summed E-state index contributed by atoms with van der Waals surface area (Å²) in [5.41, 5.74) is 15.0. The first-order chi connectivity index (χ1) is 58.9. The summed E-state index contributed by atoms with van der Waals surface area (Å²) in [5.74, 6) is 2.56. The number of aromatic nitrogens is 20. The normalized spacial score (nSPS) is 13.2. The van der Waals surface area contributed by atoms with Gasteiger partial charge in [-0.05, 0) is 173 Å². The van der Waals surface area contributed by atoms with Gasteiger partial charge in [0.2, 0.25) is 0 Å². The average molecular weight is 1660 g/mol. The quantitative estimate of drug-likeness (QED) is 0.0445. The first kappa shape index (κ1) is 81.1. The molecule has 7 aromatic carbocycles. The number of ether oxygens (including phenoxy) is 1. The van der Waals surface area contributed by atoms with Gasteiger partial charge >= 0.3 is 0 Å². The van der Waals surface area contributed by atoms with Crippen molar-refractivity contribution >= 4 is 136 Å². The summed E-state index contributed by atoms with van der Waals surface area (Å²) < 4.78 is 12.8. The van der Waals surface area contributed by atoms with Crippen LogP contribution in [-0.4, -0.2) is 111 Å². The maximum Gasteiger partial charge on any atom is 0.264 e. The molecule has 13 heterocycles. The Labute approximate surface area is 708 Å². The van der Waals surface area contributed by atoms with E-state index in [0.29, 0.717) is 75.0 Å². The van der Waals surface area contributed by atoms with Crippen LogP contribution in [0.4, 0.5) is 23.3 Å². The Bertz CT molecular complexity index is 7110. The number of halogens is 1. The molecule has 1 aliphatic heterocycles. The molecule has 122 heavy (non-hydrogen) atoms. The van der Waals surface area contributed by atoms with E-state index in [1.54, 1.807) is 45.1 Å². The van der Waals surface area contributed by atoms with Crippen LogP contribution in [0.3, 0.4) is 0 Å². The highest BCUT2D eigenvalue weighted by molar-refractivity contribution is 7.59. The van der Waals surface area contributed by atoms with Gasteiger partial charge in [-0.2, -0.15) is 13.5 Å². The van der Waals surface area contributed by atoms with Gasteiger partial charge in [-0.3, -0.25) is 32.9 Å². The van der Waals surface area contributed by atoms with Gasteiger partial charge in [0.25, 0.3) is 22.2 Å². The molecule has 29 nitrogen and oxygen atoms in total. The van der Waals surface area contributed by atoms with Gasteiger partial charge in [0, 0.05) is 59.1 Å². The lowest BCUT2D eigenvalue weighted by Crippen LogP contribution is -2.33. The van der Waals surface area contributed by atoms with Crippen LogP contribution in [0.2, 0.25) is 5.02 Å². The molecule has 1 aliphatic rings. The third-order valence-corrected chi connectivity index (χ3v) is 22.2. The zero-order valence-electron chi connectivity index (χ0n) is 67.7. The minimum Gasteiger partial charge on any atom is -0.381 e. The van der Waals surface area contributed by atoms with E-state index in [-0.39, 0.29) is 65.9 Å². The zero-order chi connectivity index (χ0) is 83.5. The van der Waals surface area contributed by atoms with Gasteiger partial charge in [0.1, 0.15) is 47.4 Å². The van der Waals surface area contributed by atoms with Crippen molar-refractivity contribution in [1.82, 2.24) is 98.0 Å². The lowest BCUT2D eigenvalue weighted by atomic mass is 10.0. The monoisotopic (exact) mass is 1660 g/mol. The lowest BCUT2D eigenvalue weighted by molar-refractivity contribution is 0.0678. The first-order valence-corrected chi connectivity index (χ1v) is 40.0. The highest BCUT2D eigenvalue weighted by atomic mass is 35.5. The second-order valence-corrected chi connectivity index (χ2v) is 30.2. The number of rotatable bonds is 16. The van der Waals surface area contributed by atoms with Crippen LogP contribution in [0, 0.1) is 27.7 Å². The second-order valence-electron chi connectivity index (χ2n) is 29.8.